The normalized spacial score (nSPS) is 44.9. The number of hydrogen-bond acceptors (Lipinski definition) is 3. The molecule has 0 radical (unpaired) electrons. The molecule has 0 spiro atoms. The first kappa shape index (κ1) is 28.9. The van der Waals surface area contributed by atoms with Gasteiger partial charge in [-0.15, -0.1) is 0 Å². The molecule has 37 heavy (non-hydrogen) atoms. The third-order valence-electron chi connectivity index (χ3n) is 12.1. The maximum absolute atomic E-state index is 13.5. The molecule has 0 aliphatic heterocycles. The molecule has 10 atom stereocenters. The molecular weight excluding hydrogens is 481 g/mol. The molecule has 0 bridgehead atoms. The van der Waals surface area contributed by atoms with Gasteiger partial charge in [0, 0.05) is 6.42 Å². The largest absolute Gasteiger partial charge is 0.481 e. The number of Topliss-reactive ketones (excluding diaryl/α,β-unsaturated/α-hetero) is 1. The van der Waals surface area contributed by atoms with Gasteiger partial charge in [-0.1, -0.05) is 41.5 Å². The minimum Gasteiger partial charge on any atom is -0.481 e. The summed E-state index contributed by atoms with van der Waals surface area (Å²) in [5, 5.41) is 20.4. The molecule has 0 aromatic heterocycles. The highest BCUT2D eigenvalue weighted by atomic mass is 19.4. The summed E-state index contributed by atoms with van der Waals surface area (Å²) in [5.41, 5.74) is -2.75. The first-order chi connectivity index (χ1) is 16.9. The van der Waals surface area contributed by atoms with Crippen molar-refractivity contribution in [3.05, 3.63) is 0 Å². The summed E-state index contributed by atoms with van der Waals surface area (Å²) in [5.74, 6) is -0.757. The van der Waals surface area contributed by atoms with E-state index in [4.69, 9.17) is 0 Å². The molecule has 4 aliphatic rings. The van der Waals surface area contributed by atoms with Crippen molar-refractivity contribution in [1.82, 2.24) is 0 Å². The van der Waals surface area contributed by atoms with Crippen molar-refractivity contribution in [3.63, 3.8) is 0 Å². The smallest absolute Gasteiger partial charge is 0.453 e. The van der Waals surface area contributed by atoms with Gasteiger partial charge in [0.2, 0.25) is 0 Å². The van der Waals surface area contributed by atoms with Gasteiger partial charge in [0.15, 0.2) is 0 Å². The average molecular weight is 529 g/mol. The highest BCUT2D eigenvalue weighted by molar-refractivity contribution is 5.92. The average Bonchev–Trinajstić information content (AvgIpc) is 3.13. The fourth-order valence-electron chi connectivity index (χ4n) is 10.6. The Kier molecular flexibility index (Phi) is 7.21. The Hall–Kier alpha value is -1.11. The molecule has 0 heterocycles. The fraction of sp³-hybridized carbons (Fsp3) is 0.933. The zero-order valence-electron chi connectivity index (χ0n) is 23.5. The van der Waals surface area contributed by atoms with Crippen LogP contribution in [0.15, 0.2) is 0 Å². The van der Waals surface area contributed by atoms with Gasteiger partial charge >= 0.3 is 12.1 Å². The molecule has 4 nitrogen and oxygen atoms in total. The van der Waals surface area contributed by atoms with Crippen LogP contribution in [0.1, 0.15) is 106 Å². The van der Waals surface area contributed by atoms with Crippen LogP contribution in [0.25, 0.3) is 0 Å². The van der Waals surface area contributed by atoms with Gasteiger partial charge in [-0.3, -0.25) is 9.59 Å². The molecule has 4 rings (SSSR count). The molecule has 4 fully saturated rings. The molecule has 212 valence electrons. The SMILES string of the molecule is C[C@H](CCC(=O)O)[C@H]1CC[C@H]2[C@@H]3CC[C@@H]4C[C@@](O)(C(=O)C(F)(F)F)CC(C(C)(C)C)[C@]4(C)[C@H]3CC[C@]12C. The second-order valence-electron chi connectivity index (χ2n) is 14.8. The Morgan fingerprint density at radius 3 is 2.19 bits per heavy atom. The lowest BCUT2D eigenvalue weighted by molar-refractivity contribution is -0.223. The number of carbonyl (C=O) groups excluding carboxylic acids is 1. The summed E-state index contributed by atoms with van der Waals surface area (Å²) < 4.78 is 40.6. The van der Waals surface area contributed by atoms with E-state index in [1.807, 2.05) is 0 Å². The number of alkyl halides is 3. The molecular formula is C30H47F3O4. The van der Waals surface area contributed by atoms with Gasteiger partial charge in [-0.25, -0.2) is 0 Å². The number of carboxylic acids is 1. The number of aliphatic carboxylic acids is 1. The summed E-state index contributed by atoms with van der Waals surface area (Å²) in [6.45, 7) is 13.1. The van der Waals surface area contributed by atoms with E-state index in [9.17, 15) is 33.0 Å². The number of halogens is 3. The predicted molar refractivity (Wildman–Crippen MR) is 136 cm³/mol. The van der Waals surface area contributed by atoms with Gasteiger partial charge in [-0.2, -0.15) is 13.2 Å². The van der Waals surface area contributed by atoms with Crippen LogP contribution in [0.2, 0.25) is 0 Å². The number of carbonyl (C=O) groups is 2. The summed E-state index contributed by atoms with van der Waals surface area (Å²) >= 11 is 0. The Morgan fingerprint density at radius 1 is 0.973 bits per heavy atom. The lowest BCUT2D eigenvalue weighted by Gasteiger charge is -2.66. The molecule has 0 aromatic rings. The van der Waals surface area contributed by atoms with Crippen molar-refractivity contribution >= 4 is 11.8 Å². The van der Waals surface area contributed by atoms with Crippen LogP contribution >= 0.6 is 0 Å². The van der Waals surface area contributed by atoms with Gasteiger partial charge in [0.25, 0.3) is 5.78 Å². The second kappa shape index (κ2) is 9.23. The van der Waals surface area contributed by atoms with Crippen LogP contribution in [-0.4, -0.2) is 33.7 Å². The maximum atomic E-state index is 13.5. The number of rotatable bonds is 5. The van der Waals surface area contributed by atoms with Crippen molar-refractivity contribution in [2.75, 3.05) is 0 Å². The highest BCUT2D eigenvalue weighted by Crippen LogP contribution is 2.71. The van der Waals surface area contributed by atoms with Gasteiger partial charge < -0.3 is 10.2 Å². The Morgan fingerprint density at radius 2 is 1.62 bits per heavy atom. The molecule has 0 aromatic carbocycles. The van der Waals surface area contributed by atoms with Gasteiger partial charge in [0.1, 0.15) is 5.60 Å². The van der Waals surface area contributed by atoms with Crippen molar-refractivity contribution in [1.29, 1.82) is 0 Å². The molecule has 0 amide bonds. The molecule has 4 saturated carbocycles. The molecule has 0 saturated heterocycles. The van der Waals surface area contributed by atoms with E-state index >= 15 is 0 Å². The zero-order chi connectivity index (χ0) is 27.8. The quantitative estimate of drug-likeness (QED) is 0.393. The molecule has 1 unspecified atom stereocenters. The summed E-state index contributed by atoms with van der Waals surface area (Å²) in [4.78, 5) is 23.6. The van der Waals surface area contributed by atoms with E-state index in [1.165, 1.54) is 0 Å². The maximum Gasteiger partial charge on any atom is 0.453 e. The monoisotopic (exact) mass is 528 g/mol. The predicted octanol–water partition coefficient (Wildman–Crippen LogP) is 7.28. The van der Waals surface area contributed by atoms with Crippen LogP contribution in [0.5, 0.6) is 0 Å². The van der Waals surface area contributed by atoms with Crippen LogP contribution in [0, 0.1) is 57.7 Å². The first-order valence-corrected chi connectivity index (χ1v) is 14.4. The first-order valence-electron chi connectivity index (χ1n) is 14.4. The summed E-state index contributed by atoms with van der Waals surface area (Å²) in [6, 6.07) is 0. The van der Waals surface area contributed by atoms with Crippen LogP contribution in [0.3, 0.4) is 0 Å². The van der Waals surface area contributed by atoms with Crippen molar-refractivity contribution in [2.45, 2.75) is 118 Å². The van der Waals surface area contributed by atoms with Crippen molar-refractivity contribution < 1.29 is 33.0 Å². The van der Waals surface area contributed by atoms with E-state index in [0.717, 1.165) is 38.5 Å². The van der Waals surface area contributed by atoms with Crippen LogP contribution < -0.4 is 0 Å². The van der Waals surface area contributed by atoms with E-state index in [2.05, 4.69) is 41.5 Å². The number of aliphatic hydroxyl groups is 1. The highest BCUT2D eigenvalue weighted by Gasteiger charge is 2.67. The minimum absolute atomic E-state index is 0.0889. The Labute approximate surface area is 220 Å². The third-order valence-corrected chi connectivity index (χ3v) is 12.1. The minimum atomic E-state index is -5.04. The molecule has 4 aliphatic carbocycles. The number of fused-ring (bicyclic) bond motifs is 5. The summed E-state index contributed by atoms with van der Waals surface area (Å²) in [6.07, 6.45) is 1.69. The lowest BCUT2D eigenvalue weighted by atomic mass is 9.38. The Balaban J connectivity index is 1.64. The van der Waals surface area contributed by atoms with Crippen LogP contribution in [0.4, 0.5) is 13.2 Å². The lowest BCUT2D eigenvalue weighted by Crippen LogP contribution is -2.64. The number of ketones is 1. The standard InChI is InChI=1S/C30H47F3O4/c1-17(7-12-24(34)35)20-10-11-21-19-9-8-18-15-29(37,25(36)30(31,32)33)16-23(26(2,3)4)28(18,6)22(19)13-14-27(20,21)5/h17-23,37H,7-16H2,1-6H3,(H,34,35)/t17-,18-,19+,20-,21+,22+,23?,27-,28+,29+/m1/s1. The van der Waals surface area contributed by atoms with Crippen molar-refractivity contribution in [3.8, 4) is 0 Å². The topological polar surface area (TPSA) is 74.6 Å². The fourth-order valence-corrected chi connectivity index (χ4v) is 10.6. The van der Waals surface area contributed by atoms with E-state index in [0.29, 0.717) is 36.0 Å². The van der Waals surface area contributed by atoms with Crippen LogP contribution in [-0.2, 0) is 9.59 Å². The van der Waals surface area contributed by atoms with Gasteiger partial charge in [0.05, 0.1) is 0 Å². The molecule has 2 N–H and O–H groups in total. The number of hydrogen-bond donors (Lipinski definition) is 2. The van der Waals surface area contributed by atoms with Gasteiger partial charge in [-0.05, 0) is 115 Å². The van der Waals surface area contributed by atoms with Crippen molar-refractivity contribution in [2.24, 2.45) is 57.7 Å². The molecule has 7 heteroatoms. The van der Waals surface area contributed by atoms with E-state index in [-0.39, 0.29) is 47.3 Å². The zero-order valence-corrected chi connectivity index (χ0v) is 23.5. The number of carboxylic acid groups (broad SMARTS) is 1. The van der Waals surface area contributed by atoms with E-state index in [1.54, 1.807) is 0 Å². The Bertz CT molecular complexity index is 909. The van der Waals surface area contributed by atoms with E-state index < -0.39 is 23.5 Å². The third kappa shape index (κ3) is 4.67. The summed E-state index contributed by atoms with van der Waals surface area (Å²) in [7, 11) is 0. The second-order valence-corrected chi connectivity index (χ2v) is 14.8.